The maximum absolute atomic E-state index is 11.1. The highest BCUT2D eigenvalue weighted by molar-refractivity contribution is 5.77. The normalized spacial score (nSPS) is 18.7. The molecule has 0 spiro atoms. The largest absolute Gasteiger partial charge is 0.489 e. The van der Waals surface area contributed by atoms with Crippen LogP contribution in [-0.2, 0) is 4.79 Å². The summed E-state index contributed by atoms with van der Waals surface area (Å²) in [7, 11) is 0. The number of para-hydroxylation sites is 1. The molecule has 0 bridgehead atoms. The maximum atomic E-state index is 11.1. The number of benzene rings is 1. The molecule has 1 aromatic rings. The molecule has 5 nitrogen and oxygen atoms in total. The van der Waals surface area contributed by atoms with Gasteiger partial charge in [-0.05, 0) is 19.9 Å². The lowest BCUT2D eigenvalue weighted by Gasteiger charge is -2.28. The molecular formula is C13H17NO4. The number of fused-ring (bicyclic) bond motifs is 1. The summed E-state index contributed by atoms with van der Waals surface area (Å²) in [5.74, 6) is -0.0409. The van der Waals surface area contributed by atoms with E-state index in [0.29, 0.717) is 18.1 Å². The average molecular weight is 251 g/mol. The predicted molar refractivity (Wildman–Crippen MR) is 65.8 cm³/mol. The van der Waals surface area contributed by atoms with Crippen LogP contribution in [0.5, 0.6) is 11.5 Å². The van der Waals surface area contributed by atoms with Gasteiger partial charge in [-0.3, -0.25) is 0 Å². The molecule has 0 saturated carbocycles. The second-order valence-electron chi connectivity index (χ2n) is 4.84. The molecule has 2 rings (SSSR count). The highest BCUT2D eigenvalue weighted by Crippen LogP contribution is 2.39. The molecular weight excluding hydrogens is 234 g/mol. The maximum Gasteiger partial charge on any atom is 0.347 e. The highest BCUT2D eigenvalue weighted by atomic mass is 16.5. The van der Waals surface area contributed by atoms with Crippen LogP contribution in [0.25, 0.3) is 0 Å². The molecule has 1 aliphatic rings. The fourth-order valence-corrected chi connectivity index (χ4v) is 1.82. The van der Waals surface area contributed by atoms with E-state index in [1.165, 1.54) is 13.8 Å². The van der Waals surface area contributed by atoms with E-state index in [1.807, 2.05) is 6.07 Å². The van der Waals surface area contributed by atoms with Crippen LogP contribution in [0.15, 0.2) is 18.2 Å². The molecule has 0 aromatic heterocycles. The van der Waals surface area contributed by atoms with Gasteiger partial charge in [0.25, 0.3) is 0 Å². The van der Waals surface area contributed by atoms with Crippen molar-refractivity contribution in [2.75, 3.05) is 6.61 Å². The summed E-state index contributed by atoms with van der Waals surface area (Å²) >= 11 is 0. The summed E-state index contributed by atoms with van der Waals surface area (Å²) in [4.78, 5) is 11.1. The molecule has 98 valence electrons. The van der Waals surface area contributed by atoms with E-state index in [9.17, 15) is 4.79 Å². The molecule has 1 aromatic carbocycles. The van der Waals surface area contributed by atoms with E-state index in [2.05, 4.69) is 0 Å². The molecule has 1 aliphatic heterocycles. The number of aliphatic carboxylic acids is 1. The van der Waals surface area contributed by atoms with Gasteiger partial charge in [0.1, 0.15) is 0 Å². The lowest BCUT2D eigenvalue weighted by atomic mass is 10.0. The Morgan fingerprint density at radius 3 is 2.94 bits per heavy atom. The van der Waals surface area contributed by atoms with Crippen LogP contribution >= 0.6 is 0 Å². The van der Waals surface area contributed by atoms with E-state index >= 15 is 0 Å². The zero-order valence-electron chi connectivity index (χ0n) is 10.5. The summed E-state index contributed by atoms with van der Waals surface area (Å²) in [6.07, 6.45) is 0.749. The standard InChI is InChI=1S/C13H17NO4/c1-13(2,12(15)16)18-10-5-3-4-8-9(14)6-7-17-11(8)10/h3-5,9H,6-7,14H2,1-2H3,(H,15,16). The Balaban J connectivity index is 2.35. The molecule has 0 aliphatic carbocycles. The Morgan fingerprint density at radius 2 is 2.28 bits per heavy atom. The van der Waals surface area contributed by atoms with Gasteiger partial charge in [-0.15, -0.1) is 0 Å². The molecule has 3 N–H and O–H groups in total. The number of nitrogens with two attached hydrogens (primary N) is 1. The van der Waals surface area contributed by atoms with Gasteiger partial charge >= 0.3 is 5.97 Å². The number of rotatable bonds is 3. The first kappa shape index (κ1) is 12.7. The SMILES string of the molecule is CC(C)(Oc1cccc2c1OCCC2N)C(=O)O. The van der Waals surface area contributed by atoms with Crippen LogP contribution in [0.4, 0.5) is 0 Å². The van der Waals surface area contributed by atoms with E-state index in [1.54, 1.807) is 12.1 Å². The minimum Gasteiger partial charge on any atom is -0.489 e. The smallest absolute Gasteiger partial charge is 0.347 e. The lowest BCUT2D eigenvalue weighted by Crippen LogP contribution is -2.38. The number of hydrogen-bond acceptors (Lipinski definition) is 4. The van der Waals surface area contributed by atoms with Crippen LogP contribution < -0.4 is 15.2 Å². The fourth-order valence-electron chi connectivity index (χ4n) is 1.82. The topological polar surface area (TPSA) is 81.8 Å². The minimum absolute atomic E-state index is 0.0924. The quantitative estimate of drug-likeness (QED) is 0.854. The number of carboxylic acid groups (broad SMARTS) is 1. The van der Waals surface area contributed by atoms with Gasteiger partial charge in [0.2, 0.25) is 0 Å². The van der Waals surface area contributed by atoms with Crippen molar-refractivity contribution in [2.45, 2.75) is 31.9 Å². The van der Waals surface area contributed by atoms with Crippen molar-refractivity contribution in [1.82, 2.24) is 0 Å². The van der Waals surface area contributed by atoms with Gasteiger partial charge < -0.3 is 20.3 Å². The van der Waals surface area contributed by atoms with E-state index in [0.717, 1.165) is 12.0 Å². The van der Waals surface area contributed by atoms with Gasteiger partial charge in [-0.25, -0.2) is 4.79 Å². The Labute approximate surface area is 106 Å². The second-order valence-corrected chi connectivity index (χ2v) is 4.84. The predicted octanol–water partition coefficient (Wildman–Crippen LogP) is 1.71. The van der Waals surface area contributed by atoms with Gasteiger partial charge in [-0.2, -0.15) is 0 Å². The van der Waals surface area contributed by atoms with E-state index in [4.69, 9.17) is 20.3 Å². The molecule has 1 heterocycles. The van der Waals surface area contributed by atoms with E-state index in [-0.39, 0.29) is 6.04 Å². The van der Waals surface area contributed by atoms with Gasteiger partial charge in [0, 0.05) is 18.0 Å². The first-order valence-electron chi connectivity index (χ1n) is 5.85. The first-order chi connectivity index (χ1) is 8.42. The summed E-state index contributed by atoms with van der Waals surface area (Å²) in [5, 5.41) is 9.07. The van der Waals surface area contributed by atoms with Gasteiger partial charge in [0.05, 0.1) is 6.61 Å². The molecule has 0 saturated heterocycles. The average Bonchev–Trinajstić information content (AvgIpc) is 2.30. The second kappa shape index (κ2) is 4.49. The lowest BCUT2D eigenvalue weighted by molar-refractivity contribution is -0.152. The van der Waals surface area contributed by atoms with Crippen LogP contribution in [0.1, 0.15) is 31.9 Å². The van der Waals surface area contributed by atoms with Crippen LogP contribution in [0, 0.1) is 0 Å². The number of ether oxygens (including phenoxy) is 2. The third kappa shape index (κ3) is 2.26. The van der Waals surface area contributed by atoms with Crippen molar-refractivity contribution >= 4 is 5.97 Å². The highest BCUT2D eigenvalue weighted by Gasteiger charge is 2.32. The monoisotopic (exact) mass is 251 g/mol. The van der Waals surface area contributed by atoms with Gasteiger partial charge in [0.15, 0.2) is 17.1 Å². The summed E-state index contributed by atoms with van der Waals surface area (Å²) < 4.78 is 11.1. The van der Waals surface area contributed by atoms with Crippen molar-refractivity contribution in [1.29, 1.82) is 0 Å². The molecule has 1 atom stereocenters. The van der Waals surface area contributed by atoms with Crippen molar-refractivity contribution in [3.8, 4) is 11.5 Å². The Bertz CT molecular complexity index is 470. The van der Waals surface area contributed by atoms with Gasteiger partial charge in [-0.1, -0.05) is 12.1 Å². The fraction of sp³-hybridized carbons (Fsp3) is 0.462. The number of hydrogen-bond donors (Lipinski definition) is 2. The summed E-state index contributed by atoms with van der Waals surface area (Å²) in [5.41, 5.74) is 5.54. The molecule has 18 heavy (non-hydrogen) atoms. The van der Waals surface area contributed by atoms with Crippen molar-refractivity contribution in [2.24, 2.45) is 5.73 Å². The van der Waals surface area contributed by atoms with Crippen LogP contribution in [0.2, 0.25) is 0 Å². The van der Waals surface area contributed by atoms with E-state index < -0.39 is 11.6 Å². The molecule has 0 amide bonds. The Hall–Kier alpha value is -1.75. The first-order valence-corrected chi connectivity index (χ1v) is 5.85. The molecule has 5 heteroatoms. The van der Waals surface area contributed by atoms with Crippen molar-refractivity contribution < 1.29 is 19.4 Å². The van der Waals surface area contributed by atoms with Crippen molar-refractivity contribution in [3.05, 3.63) is 23.8 Å². The van der Waals surface area contributed by atoms with Crippen LogP contribution in [-0.4, -0.2) is 23.3 Å². The molecule has 1 unspecified atom stereocenters. The third-order valence-electron chi connectivity index (χ3n) is 2.96. The summed E-state index contributed by atoms with van der Waals surface area (Å²) in [6.45, 7) is 3.51. The van der Waals surface area contributed by atoms with Crippen LogP contribution in [0.3, 0.4) is 0 Å². The minimum atomic E-state index is -1.31. The zero-order valence-corrected chi connectivity index (χ0v) is 10.5. The number of carbonyl (C=O) groups is 1. The molecule has 0 radical (unpaired) electrons. The Kier molecular flexibility index (Phi) is 3.17. The number of carboxylic acids is 1. The van der Waals surface area contributed by atoms with Crippen molar-refractivity contribution in [3.63, 3.8) is 0 Å². The zero-order chi connectivity index (χ0) is 13.3. The molecule has 0 fully saturated rings. The third-order valence-corrected chi connectivity index (χ3v) is 2.96. The summed E-state index contributed by atoms with van der Waals surface area (Å²) in [6, 6.07) is 5.27. The Morgan fingerprint density at radius 1 is 1.56 bits per heavy atom.